The lowest BCUT2D eigenvalue weighted by atomic mass is 9.53. The number of nitrogens with zero attached hydrogens (tertiary/aromatic N) is 3. The summed E-state index contributed by atoms with van der Waals surface area (Å²) in [5, 5.41) is 38.8. The van der Waals surface area contributed by atoms with Crippen molar-refractivity contribution in [2.24, 2.45) is 22.7 Å². The molecule has 2 aliphatic heterocycles. The summed E-state index contributed by atoms with van der Waals surface area (Å²) in [5.41, 5.74) is -3.05. The van der Waals surface area contributed by atoms with E-state index >= 15 is 0 Å². The number of benzene rings is 1. The van der Waals surface area contributed by atoms with E-state index < -0.39 is 34.5 Å². The van der Waals surface area contributed by atoms with Crippen molar-refractivity contribution in [3.8, 4) is 18.2 Å². The second kappa shape index (κ2) is 5.71. The standard InChI is InChI=1S/C19H17ClN4O2/c1-11(2)15-17(8-21,9-22)18(10-23)12(3)19(25-15,26-16(18)24)13-5-4-6-14(20)7-13/h4-7,11-12,15,24H,1-3H3. The van der Waals surface area contributed by atoms with Gasteiger partial charge in [0.05, 0.1) is 30.2 Å². The molecule has 6 nitrogen and oxygen atoms in total. The number of rotatable bonds is 2. The number of halogens is 1. The van der Waals surface area contributed by atoms with Gasteiger partial charge in [-0.1, -0.05) is 44.5 Å². The Hall–Kier alpha value is -2.59. The van der Waals surface area contributed by atoms with Crippen LogP contribution in [0.1, 0.15) is 26.3 Å². The molecule has 0 aromatic heterocycles. The van der Waals surface area contributed by atoms with Crippen molar-refractivity contribution in [1.82, 2.24) is 0 Å². The SMILES string of the molecule is CC(C)C1OC2(c3cccc(Cl)c3)OC(=N)C(C#N)(C2C)C1(C#N)C#N. The molecule has 1 aromatic carbocycles. The minimum Gasteiger partial charge on any atom is -0.443 e. The second-order valence-electron chi connectivity index (χ2n) is 7.06. The third-order valence-electron chi connectivity index (χ3n) is 5.54. The van der Waals surface area contributed by atoms with Crippen molar-refractivity contribution >= 4 is 17.5 Å². The molecule has 26 heavy (non-hydrogen) atoms. The van der Waals surface area contributed by atoms with Crippen LogP contribution in [0.15, 0.2) is 24.3 Å². The first-order valence-electron chi connectivity index (χ1n) is 8.21. The molecular formula is C19H17ClN4O2. The summed E-state index contributed by atoms with van der Waals surface area (Å²) in [6.07, 6.45) is -0.921. The highest BCUT2D eigenvalue weighted by Gasteiger charge is 2.79. The van der Waals surface area contributed by atoms with E-state index in [1.54, 1.807) is 31.2 Å². The normalized spacial score (nSPS) is 34.5. The molecule has 4 atom stereocenters. The molecule has 2 saturated heterocycles. The summed E-state index contributed by atoms with van der Waals surface area (Å²) < 4.78 is 12.1. The van der Waals surface area contributed by atoms with Crippen molar-refractivity contribution < 1.29 is 9.47 Å². The summed E-state index contributed by atoms with van der Waals surface area (Å²) in [4.78, 5) is 0. The van der Waals surface area contributed by atoms with Gasteiger partial charge in [0.1, 0.15) is 0 Å². The molecule has 7 heteroatoms. The van der Waals surface area contributed by atoms with Gasteiger partial charge >= 0.3 is 0 Å². The molecule has 3 rings (SSSR count). The van der Waals surface area contributed by atoms with Crippen molar-refractivity contribution in [3.63, 3.8) is 0 Å². The molecule has 1 aromatic rings. The van der Waals surface area contributed by atoms with Crippen LogP contribution in [0.25, 0.3) is 0 Å². The van der Waals surface area contributed by atoms with E-state index in [-0.39, 0.29) is 5.92 Å². The quantitative estimate of drug-likeness (QED) is 0.854. The van der Waals surface area contributed by atoms with Crippen molar-refractivity contribution in [2.75, 3.05) is 0 Å². The first-order chi connectivity index (χ1) is 12.3. The van der Waals surface area contributed by atoms with E-state index in [9.17, 15) is 15.8 Å². The minimum atomic E-state index is -1.86. The predicted molar refractivity (Wildman–Crippen MR) is 92.5 cm³/mol. The van der Waals surface area contributed by atoms with E-state index in [0.29, 0.717) is 10.6 Å². The lowest BCUT2D eigenvalue weighted by Crippen LogP contribution is -2.62. The van der Waals surface area contributed by atoms with Crippen molar-refractivity contribution in [1.29, 1.82) is 21.2 Å². The number of fused-ring (bicyclic) bond motifs is 2. The highest BCUT2D eigenvalue weighted by Crippen LogP contribution is 2.66. The number of ether oxygens (including phenoxy) is 2. The molecule has 2 fully saturated rings. The van der Waals surface area contributed by atoms with Gasteiger partial charge in [0.2, 0.25) is 11.7 Å². The Labute approximate surface area is 157 Å². The Balaban J connectivity index is 2.36. The van der Waals surface area contributed by atoms with Gasteiger partial charge in [-0.25, -0.2) is 0 Å². The zero-order valence-corrected chi connectivity index (χ0v) is 15.3. The Bertz CT molecular complexity index is 895. The van der Waals surface area contributed by atoms with Gasteiger partial charge in [-0.2, -0.15) is 15.8 Å². The Kier molecular flexibility index (Phi) is 4.00. The van der Waals surface area contributed by atoms with Gasteiger partial charge < -0.3 is 9.47 Å². The molecule has 132 valence electrons. The molecule has 0 radical (unpaired) electrons. The zero-order valence-electron chi connectivity index (χ0n) is 14.6. The van der Waals surface area contributed by atoms with Gasteiger partial charge in [-0.05, 0) is 18.1 Å². The van der Waals surface area contributed by atoms with Crippen LogP contribution < -0.4 is 0 Å². The summed E-state index contributed by atoms with van der Waals surface area (Å²) in [5.74, 6) is -2.90. The highest BCUT2D eigenvalue weighted by atomic mass is 35.5. The fourth-order valence-corrected chi connectivity index (χ4v) is 4.42. The predicted octanol–water partition coefficient (Wildman–Crippen LogP) is 3.73. The lowest BCUT2D eigenvalue weighted by molar-refractivity contribution is -0.294. The van der Waals surface area contributed by atoms with E-state index in [4.69, 9.17) is 26.5 Å². The average Bonchev–Trinajstić information content (AvgIpc) is 2.78. The van der Waals surface area contributed by atoms with E-state index in [1.807, 2.05) is 26.0 Å². The summed E-state index contributed by atoms with van der Waals surface area (Å²) in [6, 6.07) is 12.9. The van der Waals surface area contributed by atoms with Crippen LogP contribution >= 0.6 is 11.6 Å². The molecule has 0 spiro atoms. The number of hydrogen-bond acceptors (Lipinski definition) is 6. The topological polar surface area (TPSA) is 114 Å². The van der Waals surface area contributed by atoms with Crippen LogP contribution in [-0.2, 0) is 15.3 Å². The number of nitriles is 3. The van der Waals surface area contributed by atoms with Crippen LogP contribution in [0.4, 0.5) is 0 Å². The zero-order chi connectivity index (χ0) is 19.3. The molecule has 2 aliphatic rings. The summed E-state index contributed by atoms with van der Waals surface area (Å²) >= 11 is 6.12. The van der Waals surface area contributed by atoms with Crippen LogP contribution in [0, 0.1) is 62.1 Å². The second-order valence-corrected chi connectivity index (χ2v) is 7.50. The average molecular weight is 369 g/mol. The molecule has 0 amide bonds. The molecule has 0 aliphatic carbocycles. The molecule has 0 saturated carbocycles. The number of nitrogens with one attached hydrogen (secondary N) is 1. The first-order valence-corrected chi connectivity index (χ1v) is 8.59. The fraction of sp³-hybridized carbons (Fsp3) is 0.474. The molecule has 1 N–H and O–H groups in total. The van der Waals surface area contributed by atoms with Crippen molar-refractivity contribution in [2.45, 2.75) is 32.7 Å². The smallest absolute Gasteiger partial charge is 0.243 e. The maximum atomic E-state index is 10.1. The Morgan fingerprint density at radius 1 is 1.19 bits per heavy atom. The van der Waals surface area contributed by atoms with Gasteiger partial charge in [-0.3, -0.25) is 5.41 Å². The van der Waals surface area contributed by atoms with Gasteiger partial charge in [0.25, 0.3) is 0 Å². The third-order valence-corrected chi connectivity index (χ3v) is 5.78. The van der Waals surface area contributed by atoms with Gasteiger partial charge in [-0.15, -0.1) is 0 Å². The largest absolute Gasteiger partial charge is 0.443 e. The van der Waals surface area contributed by atoms with E-state index in [2.05, 4.69) is 6.07 Å². The van der Waals surface area contributed by atoms with Crippen LogP contribution in [0.2, 0.25) is 5.02 Å². The Morgan fingerprint density at radius 2 is 1.85 bits per heavy atom. The fourth-order valence-electron chi connectivity index (χ4n) is 4.23. The van der Waals surface area contributed by atoms with E-state index in [1.165, 1.54) is 0 Å². The minimum absolute atomic E-state index is 0.261. The van der Waals surface area contributed by atoms with Crippen LogP contribution in [0.3, 0.4) is 0 Å². The third kappa shape index (κ3) is 1.85. The van der Waals surface area contributed by atoms with Gasteiger partial charge in [0.15, 0.2) is 10.8 Å². The molecular weight excluding hydrogens is 352 g/mol. The van der Waals surface area contributed by atoms with Crippen LogP contribution in [-0.4, -0.2) is 12.0 Å². The van der Waals surface area contributed by atoms with Crippen LogP contribution in [0.5, 0.6) is 0 Å². The number of hydrogen-bond donors (Lipinski definition) is 1. The maximum Gasteiger partial charge on any atom is 0.243 e. The maximum absolute atomic E-state index is 10.1. The first kappa shape index (κ1) is 18.2. The van der Waals surface area contributed by atoms with Crippen molar-refractivity contribution in [3.05, 3.63) is 34.9 Å². The highest BCUT2D eigenvalue weighted by molar-refractivity contribution is 6.30. The summed E-state index contributed by atoms with van der Waals surface area (Å²) in [7, 11) is 0. The molecule has 4 unspecified atom stereocenters. The van der Waals surface area contributed by atoms with E-state index in [0.717, 1.165) is 0 Å². The lowest BCUT2D eigenvalue weighted by Gasteiger charge is -2.50. The Morgan fingerprint density at radius 3 is 2.35 bits per heavy atom. The monoisotopic (exact) mass is 368 g/mol. The molecule has 2 bridgehead atoms. The molecule has 2 heterocycles. The van der Waals surface area contributed by atoms with Gasteiger partial charge in [0, 0.05) is 10.6 Å². The summed E-state index contributed by atoms with van der Waals surface area (Å²) in [6.45, 7) is 5.29.